The fourth-order valence-corrected chi connectivity index (χ4v) is 15.5. The molecule has 0 heterocycles. The zero-order valence-corrected chi connectivity index (χ0v) is 45.5. The number of fused-ring (bicyclic) bond motifs is 6. The van der Waals surface area contributed by atoms with Gasteiger partial charge in [-0.15, -0.1) is 23.3 Å². The molecule has 0 aliphatic carbocycles. The average molecular weight is 1320 g/mol. The van der Waals surface area contributed by atoms with Crippen LogP contribution >= 0.6 is 15.8 Å². The molecule has 0 saturated heterocycles. The molecule has 0 radical (unpaired) electrons. The van der Waals surface area contributed by atoms with Crippen LogP contribution in [0, 0.1) is 24.7 Å². The van der Waals surface area contributed by atoms with Crippen molar-refractivity contribution in [2.24, 2.45) is 0 Å². The van der Waals surface area contributed by atoms with Crippen molar-refractivity contribution in [3.05, 3.63) is 303 Å². The van der Waals surface area contributed by atoms with Crippen LogP contribution < -0.4 is 31.8 Å². The van der Waals surface area contributed by atoms with E-state index in [2.05, 4.69) is 218 Å². The van der Waals surface area contributed by atoms with E-state index in [9.17, 15) is 0 Å². The quantitative estimate of drug-likeness (QED) is 0.0490. The largest absolute Gasteiger partial charge is 1.00 e. The van der Waals surface area contributed by atoms with Crippen LogP contribution in [0.1, 0.15) is 11.1 Å². The van der Waals surface area contributed by atoms with Crippen LogP contribution in [-0.2, 0) is 44.8 Å². The first-order valence-corrected chi connectivity index (χ1v) is 26.5. The second kappa shape index (κ2) is 25.0. The molecule has 0 fully saturated rings. The van der Waals surface area contributed by atoms with E-state index in [-0.39, 0.29) is 44.8 Å². The van der Waals surface area contributed by atoms with Crippen molar-refractivity contribution >= 4 is 90.8 Å². The maximum Gasteiger partial charge on any atom is 1.00 e. The van der Waals surface area contributed by atoms with Gasteiger partial charge in [0.25, 0.3) is 0 Å². The first-order valence-electron chi connectivity index (χ1n) is 23.5. The summed E-state index contributed by atoms with van der Waals surface area (Å²) in [6.07, 6.45) is 14.7. The fraction of sp³-hybridized carbons (Fsp3) is 0. The van der Waals surface area contributed by atoms with E-state index in [4.69, 9.17) is 12.8 Å². The molecule has 12 aromatic carbocycles. The summed E-state index contributed by atoms with van der Waals surface area (Å²) in [4.78, 5) is 0. The molecular weight excluding hydrogens is 1270 g/mol. The van der Waals surface area contributed by atoms with Crippen molar-refractivity contribution in [3.8, 4) is 23.0 Å². The summed E-state index contributed by atoms with van der Waals surface area (Å²) in [5.74, 6) is 5.02. The Morgan fingerprint density at radius 3 is 0.931 bits per heavy atom. The molecule has 0 saturated carbocycles. The molecule has 0 nitrogen and oxygen atoms in total. The fourth-order valence-electron chi connectivity index (χ4n) is 9.47. The van der Waals surface area contributed by atoms with Crippen LogP contribution in [0.3, 0.4) is 0 Å². The van der Waals surface area contributed by atoms with Gasteiger partial charge in [0.2, 0.25) is 0 Å². The van der Waals surface area contributed by atoms with Crippen LogP contribution in [0.5, 0.6) is 0 Å². The molecule has 0 N–H and O–H groups in total. The van der Waals surface area contributed by atoms with Gasteiger partial charge < -0.3 is 12.8 Å². The predicted octanol–water partition coefficient (Wildman–Crippen LogP) is 14.2. The average Bonchev–Trinajstić information content (AvgIpc) is 3.45. The van der Waals surface area contributed by atoms with Gasteiger partial charge in [-0.25, -0.2) is 0 Å². The van der Waals surface area contributed by atoms with Crippen molar-refractivity contribution < 1.29 is 44.8 Å². The summed E-state index contributed by atoms with van der Waals surface area (Å²) in [6, 6.07) is 99.4. The molecule has 0 unspecified atom stereocenters. The summed E-state index contributed by atoms with van der Waals surface area (Å²) in [6.45, 7) is 0. The Bertz CT molecular complexity index is 3580. The normalized spacial score (nSPS) is 10.5. The zero-order chi connectivity index (χ0) is 47.5. The molecule has 12 aromatic rings. The molecular formula is C68H48Au2P2+2. The molecule has 0 aliphatic rings. The molecule has 0 amide bonds. The van der Waals surface area contributed by atoms with Gasteiger partial charge in [-0.3, -0.25) is 11.8 Å². The molecule has 72 heavy (non-hydrogen) atoms. The van der Waals surface area contributed by atoms with Crippen molar-refractivity contribution in [1.29, 1.82) is 0 Å². The van der Waals surface area contributed by atoms with Crippen LogP contribution in [0.25, 0.3) is 54.2 Å². The third-order valence-corrected chi connectivity index (χ3v) is 18.5. The Morgan fingerprint density at radius 1 is 0.250 bits per heavy atom. The number of hydrogen-bond acceptors (Lipinski definition) is 0. The van der Waals surface area contributed by atoms with E-state index in [0.717, 1.165) is 32.7 Å². The van der Waals surface area contributed by atoms with Crippen molar-refractivity contribution in [2.45, 2.75) is 0 Å². The smallest absolute Gasteiger partial charge is 0.366 e. The van der Waals surface area contributed by atoms with Gasteiger partial charge >= 0.3 is 44.8 Å². The van der Waals surface area contributed by atoms with Crippen LogP contribution in [0.15, 0.2) is 279 Å². The number of benzene rings is 12. The molecule has 0 aromatic heterocycles. The van der Waals surface area contributed by atoms with E-state index >= 15 is 0 Å². The first-order chi connectivity index (χ1) is 34.7. The molecule has 12 rings (SSSR count). The Morgan fingerprint density at radius 2 is 0.556 bits per heavy atom. The monoisotopic (exact) mass is 1320 g/mol. The van der Waals surface area contributed by atoms with E-state index < -0.39 is 15.8 Å². The van der Waals surface area contributed by atoms with Gasteiger partial charge in [0, 0.05) is 0 Å². The maximum atomic E-state index is 7.35. The van der Waals surface area contributed by atoms with Crippen molar-refractivity contribution in [2.75, 3.05) is 0 Å². The molecule has 0 atom stereocenters. The number of rotatable bonds is 7. The van der Waals surface area contributed by atoms with Gasteiger partial charge in [0.15, 0.2) is 0 Å². The molecule has 350 valence electrons. The summed E-state index contributed by atoms with van der Waals surface area (Å²) in [5, 5.41) is 18.0. The molecule has 0 aliphatic heterocycles. The minimum absolute atomic E-state index is 0. The minimum atomic E-state index is -1.27. The summed E-state index contributed by atoms with van der Waals surface area (Å²) < 4.78 is 0. The minimum Gasteiger partial charge on any atom is -0.366 e. The summed E-state index contributed by atoms with van der Waals surface area (Å²) in [7, 11) is -2.51. The second-order valence-electron chi connectivity index (χ2n) is 17.0. The summed E-state index contributed by atoms with van der Waals surface area (Å²) in [5.41, 5.74) is 4.25. The maximum absolute atomic E-state index is 7.35. The zero-order valence-electron chi connectivity index (χ0n) is 39.2. The Hall–Kier alpha value is -6.86. The van der Waals surface area contributed by atoms with Gasteiger partial charge in [0.05, 0.1) is 0 Å². The van der Waals surface area contributed by atoms with Crippen LogP contribution in [0.4, 0.5) is 0 Å². The Labute approximate surface area is 457 Å². The molecule has 0 bridgehead atoms. The second-order valence-corrected chi connectivity index (χ2v) is 21.9. The van der Waals surface area contributed by atoms with Gasteiger partial charge in [-0.2, -0.15) is 0 Å². The van der Waals surface area contributed by atoms with Gasteiger partial charge in [-0.05, 0) is 104 Å². The van der Waals surface area contributed by atoms with E-state index in [1.165, 1.54) is 64.5 Å². The first kappa shape index (κ1) is 51.5. The van der Waals surface area contributed by atoms with E-state index in [0.29, 0.717) is 0 Å². The third kappa shape index (κ3) is 11.4. The Kier molecular flexibility index (Phi) is 17.9. The van der Waals surface area contributed by atoms with E-state index in [1.807, 2.05) is 72.8 Å². The molecule has 4 heteroatoms. The number of hydrogen-bond donors (Lipinski definition) is 0. The van der Waals surface area contributed by atoms with Gasteiger partial charge in [0.1, 0.15) is 47.7 Å². The molecule has 0 spiro atoms. The SMILES string of the molecule is [Au+].[Au+].[C-]#Cc1cc2ccccc2c2ccccc12.[C-]#Cc1cc2ccccc2c2ccccc12.c1ccc(-c2ccc([PH+](c3ccccc3)c3ccccc3)c([PH+](c3ccccc3)c3ccccc3)c2)cc1. The predicted molar refractivity (Wildman–Crippen MR) is 307 cm³/mol. The van der Waals surface area contributed by atoms with Crippen molar-refractivity contribution in [3.63, 3.8) is 0 Å². The Balaban J connectivity index is 0.000000167. The van der Waals surface area contributed by atoms with Crippen LogP contribution in [-0.4, -0.2) is 0 Å². The topological polar surface area (TPSA) is 0 Å². The van der Waals surface area contributed by atoms with E-state index in [1.54, 1.807) is 0 Å². The summed E-state index contributed by atoms with van der Waals surface area (Å²) >= 11 is 0. The van der Waals surface area contributed by atoms with Gasteiger partial charge in [-0.1, -0.05) is 217 Å². The van der Waals surface area contributed by atoms with Crippen LogP contribution in [0.2, 0.25) is 0 Å². The standard InChI is InChI=1S/C36H28P2.2C16H9.2Au/c1-6-16-29(17-7-1)30-26-27-35(37(31-18-8-2-9-19-31)32-20-10-3-11-21-32)36(28-30)38(33-22-12-4-13-23-33)34-24-14-5-15-25-34;2*1-2-12-11-13-7-3-4-9-15(13)16-10-6-5-8-14(12)16;;/h1-28H;2*3-11H;;/q;2*-1;2*+1/p+2. The van der Waals surface area contributed by atoms with Crippen molar-refractivity contribution in [1.82, 2.24) is 0 Å². The third-order valence-electron chi connectivity index (χ3n) is 12.7.